The second-order valence-corrected chi connectivity index (χ2v) is 7.04. The molecule has 1 N–H and O–H groups in total. The molecule has 0 saturated heterocycles. The summed E-state index contributed by atoms with van der Waals surface area (Å²) in [4.78, 5) is 14.5. The highest BCUT2D eigenvalue weighted by atomic mass is 32.1. The largest absolute Gasteiger partial charge is 0.354 e. The molecule has 0 atom stereocenters. The topological polar surface area (TPSA) is 43.8 Å². The molecule has 0 bridgehead atoms. The zero-order valence-corrected chi connectivity index (χ0v) is 15.2. The lowest BCUT2D eigenvalue weighted by atomic mass is 10.3. The van der Waals surface area contributed by atoms with Gasteiger partial charge in [0.15, 0.2) is 11.1 Å². The van der Waals surface area contributed by atoms with Gasteiger partial charge in [0.05, 0.1) is 12.2 Å². The quantitative estimate of drug-likeness (QED) is 0.650. The van der Waals surface area contributed by atoms with Crippen molar-refractivity contribution in [2.24, 2.45) is 4.99 Å². The Kier molecular flexibility index (Phi) is 6.21. The number of nitrogens with one attached hydrogen (secondary N) is 1. The molecule has 0 spiro atoms. The molecule has 0 radical (unpaired) electrons. The van der Waals surface area contributed by atoms with E-state index >= 15 is 0 Å². The highest BCUT2D eigenvalue weighted by Crippen LogP contribution is 2.17. The first kappa shape index (κ1) is 16.8. The molecule has 5 nitrogen and oxygen atoms in total. The van der Waals surface area contributed by atoms with Gasteiger partial charge in [-0.2, -0.15) is 0 Å². The summed E-state index contributed by atoms with van der Waals surface area (Å²) in [6.45, 7) is 1.64. The molecule has 0 aliphatic heterocycles. The third kappa shape index (κ3) is 4.71. The third-order valence-electron chi connectivity index (χ3n) is 3.20. The summed E-state index contributed by atoms with van der Waals surface area (Å²) in [5, 5.41) is 8.60. The number of aromatic nitrogens is 1. The average molecular weight is 338 g/mol. The van der Waals surface area contributed by atoms with E-state index in [2.05, 4.69) is 50.1 Å². The van der Waals surface area contributed by atoms with Crippen molar-refractivity contribution >= 4 is 33.8 Å². The molecule has 2 rings (SSSR count). The van der Waals surface area contributed by atoms with E-state index in [0.29, 0.717) is 6.54 Å². The van der Waals surface area contributed by atoms with E-state index in [-0.39, 0.29) is 0 Å². The van der Waals surface area contributed by atoms with Gasteiger partial charge in [-0.15, -0.1) is 22.7 Å². The molecule has 22 heavy (non-hydrogen) atoms. The summed E-state index contributed by atoms with van der Waals surface area (Å²) in [7, 11) is 7.90. The summed E-state index contributed by atoms with van der Waals surface area (Å²) in [5.41, 5.74) is 1.04. The summed E-state index contributed by atoms with van der Waals surface area (Å²) >= 11 is 3.46. The average Bonchev–Trinajstić information content (AvgIpc) is 3.17. The normalized spacial score (nSPS) is 11.5. The smallest absolute Gasteiger partial charge is 0.193 e. The summed E-state index contributed by atoms with van der Waals surface area (Å²) in [6.07, 6.45) is 1.04. The number of likely N-dealkylation sites (N-methyl/N-ethyl adjacent to an activating group) is 1. The number of thiazole rings is 1. The molecular formula is C15H23N5S2. The Morgan fingerprint density at radius 1 is 1.32 bits per heavy atom. The Labute approximate surface area is 140 Å². The molecule has 0 aliphatic carbocycles. The van der Waals surface area contributed by atoms with Gasteiger partial charge in [-0.05, 0) is 17.9 Å². The molecule has 0 aliphatic rings. The van der Waals surface area contributed by atoms with Gasteiger partial charge in [-0.1, -0.05) is 6.07 Å². The molecule has 2 aromatic rings. The molecule has 2 heterocycles. The molecule has 0 aromatic carbocycles. The number of anilines is 1. The molecule has 0 saturated carbocycles. The van der Waals surface area contributed by atoms with Crippen molar-refractivity contribution in [1.82, 2.24) is 15.2 Å². The van der Waals surface area contributed by atoms with Crippen molar-refractivity contribution < 1.29 is 0 Å². The van der Waals surface area contributed by atoms with Crippen LogP contribution in [0.25, 0.3) is 0 Å². The minimum atomic E-state index is 0.695. The first-order chi connectivity index (χ1) is 10.6. The van der Waals surface area contributed by atoms with Gasteiger partial charge in [0.2, 0.25) is 0 Å². The molecule has 0 unspecified atom stereocenters. The van der Waals surface area contributed by atoms with Crippen LogP contribution in [-0.2, 0) is 13.0 Å². The fourth-order valence-corrected chi connectivity index (χ4v) is 3.43. The van der Waals surface area contributed by atoms with Crippen LogP contribution in [-0.4, -0.2) is 50.6 Å². The molecular weight excluding hydrogens is 314 g/mol. The van der Waals surface area contributed by atoms with Crippen molar-refractivity contribution in [3.8, 4) is 0 Å². The predicted molar refractivity (Wildman–Crippen MR) is 97.3 cm³/mol. The summed E-state index contributed by atoms with van der Waals surface area (Å²) in [6, 6.07) is 4.27. The van der Waals surface area contributed by atoms with E-state index in [0.717, 1.165) is 29.8 Å². The van der Waals surface area contributed by atoms with E-state index in [4.69, 9.17) is 0 Å². The zero-order valence-electron chi connectivity index (χ0n) is 13.5. The van der Waals surface area contributed by atoms with Crippen LogP contribution < -0.4 is 10.2 Å². The minimum absolute atomic E-state index is 0.695. The molecule has 0 amide bonds. The zero-order chi connectivity index (χ0) is 15.9. The van der Waals surface area contributed by atoms with Crippen LogP contribution in [0, 0.1) is 0 Å². The summed E-state index contributed by atoms with van der Waals surface area (Å²) in [5.74, 6) is 0.899. The highest BCUT2D eigenvalue weighted by molar-refractivity contribution is 7.13. The van der Waals surface area contributed by atoms with E-state index in [9.17, 15) is 0 Å². The van der Waals surface area contributed by atoms with E-state index in [1.807, 2.05) is 26.0 Å². The minimum Gasteiger partial charge on any atom is -0.354 e. The second-order valence-electron chi connectivity index (χ2n) is 5.17. The van der Waals surface area contributed by atoms with Crippen molar-refractivity contribution in [3.63, 3.8) is 0 Å². The highest BCUT2D eigenvalue weighted by Gasteiger charge is 2.08. The van der Waals surface area contributed by atoms with E-state index in [1.54, 1.807) is 22.7 Å². The van der Waals surface area contributed by atoms with Gasteiger partial charge in [0, 0.05) is 45.0 Å². The van der Waals surface area contributed by atoms with Crippen LogP contribution >= 0.6 is 22.7 Å². The van der Waals surface area contributed by atoms with Gasteiger partial charge in [0.1, 0.15) is 0 Å². The van der Waals surface area contributed by atoms with Crippen LogP contribution in [0.2, 0.25) is 0 Å². The maximum atomic E-state index is 4.57. The van der Waals surface area contributed by atoms with Crippen molar-refractivity contribution in [3.05, 3.63) is 33.5 Å². The lowest BCUT2D eigenvalue weighted by Gasteiger charge is -2.21. The molecule has 2 aromatic heterocycles. The van der Waals surface area contributed by atoms with Gasteiger partial charge in [-0.25, -0.2) is 4.98 Å². The van der Waals surface area contributed by atoms with Gasteiger partial charge < -0.3 is 15.1 Å². The van der Waals surface area contributed by atoms with E-state index in [1.165, 1.54) is 4.88 Å². The fourth-order valence-electron chi connectivity index (χ4n) is 1.98. The van der Waals surface area contributed by atoms with Crippen molar-refractivity contribution in [2.75, 3.05) is 39.6 Å². The Hall–Kier alpha value is -1.60. The molecule has 0 fully saturated rings. The van der Waals surface area contributed by atoms with Crippen LogP contribution in [0.5, 0.6) is 0 Å². The van der Waals surface area contributed by atoms with Crippen molar-refractivity contribution in [1.29, 1.82) is 0 Å². The standard InChI is InChI=1S/C15H23N5S2/c1-16-14(20(4)8-7-13-6-5-9-21-13)17-10-12-11-22-15(18-12)19(2)3/h5-6,9,11H,7-8,10H2,1-4H3,(H,16,17). The van der Waals surface area contributed by atoms with Crippen LogP contribution in [0.4, 0.5) is 5.13 Å². The number of nitrogens with zero attached hydrogens (tertiary/aromatic N) is 4. The SMILES string of the molecule is CN=C(NCc1csc(N(C)C)n1)N(C)CCc1cccs1. The Morgan fingerprint density at radius 3 is 2.73 bits per heavy atom. The lowest BCUT2D eigenvalue weighted by molar-refractivity contribution is 0.486. The van der Waals surface area contributed by atoms with Gasteiger partial charge in [0.25, 0.3) is 0 Å². The maximum absolute atomic E-state index is 4.57. The number of rotatable bonds is 6. The number of thiophene rings is 1. The van der Waals surface area contributed by atoms with Crippen LogP contribution in [0.15, 0.2) is 27.9 Å². The first-order valence-electron chi connectivity index (χ1n) is 7.16. The molecule has 7 heteroatoms. The first-order valence-corrected chi connectivity index (χ1v) is 8.92. The van der Waals surface area contributed by atoms with Crippen molar-refractivity contribution in [2.45, 2.75) is 13.0 Å². The number of hydrogen-bond donors (Lipinski definition) is 1. The van der Waals surface area contributed by atoms with E-state index < -0.39 is 0 Å². The van der Waals surface area contributed by atoms with Gasteiger partial charge in [-0.3, -0.25) is 4.99 Å². The Bertz CT molecular complexity index is 589. The fraction of sp³-hybridized carbons (Fsp3) is 0.467. The van der Waals surface area contributed by atoms with Crippen LogP contribution in [0.3, 0.4) is 0 Å². The number of guanidine groups is 1. The third-order valence-corrected chi connectivity index (χ3v) is 5.19. The number of aliphatic imine (C=N–C) groups is 1. The monoisotopic (exact) mass is 337 g/mol. The maximum Gasteiger partial charge on any atom is 0.193 e. The molecule has 120 valence electrons. The summed E-state index contributed by atoms with van der Waals surface area (Å²) < 4.78 is 0. The van der Waals surface area contributed by atoms with Gasteiger partial charge >= 0.3 is 0 Å². The Balaban J connectivity index is 1.83. The number of hydrogen-bond acceptors (Lipinski definition) is 5. The second kappa shape index (κ2) is 8.14. The Morgan fingerprint density at radius 2 is 2.14 bits per heavy atom. The predicted octanol–water partition coefficient (Wildman–Crippen LogP) is 2.52. The lowest BCUT2D eigenvalue weighted by Crippen LogP contribution is -2.39. The van der Waals surface area contributed by atoms with Crippen LogP contribution in [0.1, 0.15) is 10.6 Å².